The van der Waals surface area contributed by atoms with Crippen LogP contribution in [0.1, 0.15) is 24.3 Å². The van der Waals surface area contributed by atoms with Crippen LogP contribution in [0.5, 0.6) is 0 Å². The lowest BCUT2D eigenvalue weighted by atomic mass is 10.1. The summed E-state index contributed by atoms with van der Waals surface area (Å²) < 4.78 is 3.99. The second kappa shape index (κ2) is 4.82. The maximum atomic E-state index is 12.4. The van der Waals surface area contributed by atoms with E-state index in [9.17, 15) is 9.59 Å². The molecule has 1 aliphatic heterocycles. The van der Waals surface area contributed by atoms with Crippen LogP contribution in [0.4, 0.5) is 0 Å². The summed E-state index contributed by atoms with van der Waals surface area (Å²) >= 11 is 12.5. The maximum absolute atomic E-state index is 12.4. The molecule has 7 heteroatoms. The van der Waals surface area contributed by atoms with E-state index in [-0.39, 0.29) is 17.9 Å². The molecule has 0 spiro atoms. The van der Waals surface area contributed by atoms with Crippen molar-refractivity contribution >= 4 is 23.2 Å². The van der Waals surface area contributed by atoms with Gasteiger partial charge < -0.3 is 0 Å². The van der Waals surface area contributed by atoms with E-state index < -0.39 is 5.38 Å². The van der Waals surface area contributed by atoms with Crippen molar-refractivity contribution in [3.63, 3.8) is 0 Å². The Morgan fingerprint density at radius 1 is 1.30 bits per heavy atom. The molecule has 106 valence electrons. The van der Waals surface area contributed by atoms with Gasteiger partial charge in [-0.25, -0.2) is 18.8 Å². The van der Waals surface area contributed by atoms with E-state index in [0.717, 1.165) is 0 Å². The molecule has 1 unspecified atom stereocenters. The Morgan fingerprint density at radius 3 is 2.75 bits per heavy atom. The van der Waals surface area contributed by atoms with Crippen molar-refractivity contribution in [3.05, 3.63) is 49.8 Å². The van der Waals surface area contributed by atoms with Crippen LogP contribution in [0.25, 0.3) is 5.69 Å². The third kappa shape index (κ3) is 1.77. The molecule has 0 radical (unpaired) electrons. The standard InChI is InChI=1S/C13H13Cl2N3O2/c1-2-6-16-12(19)17-7-9(15)11-8(14)4-3-5-10(11)18(17)13(16)20/h3-5,9H,2,6-7H2,1H3. The SMILES string of the molecule is CCCn1c(=O)n2n(c1=O)-c1cccc(Cl)c1C(Cl)C2. The van der Waals surface area contributed by atoms with E-state index in [4.69, 9.17) is 23.2 Å². The first kappa shape index (κ1) is 13.5. The summed E-state index contributed by atoms with van der Waals surface area (Å²) in [7, 11) is 0. The largest absolute Gasteiger partial charge is 0.351 e. The molecule has 0 aliphatic carbocycles. The summed E-state index contributed by atoms with van der Waals surface area (Å²) in [6, 6.07) is 5.23. The van der Waals surface area contributed by atoms with Gasteiger partial charge in [-0.2, -0.15) is 4.68 Å². The van der Waals surface area contributed by atoms with Gasteiger partial charge in [-0.15, -0.1) is 11.6 Å². The number of hydrogen-bond acceptors (Lipinski definition) is 2. The molecule has 5 nitrogen and oxygen atoms in total. The molecule has 0 bridgehead atoms. The highest BCUT2D eigenvalue weighted by Gasteiger charge is 2.29. The van der Waals surface area contributed by atoms with Crippen LogP contribution in [0.3, 0.4) is 0 Å². The predicted molar refractivity (Wildman–Crippen MR) is 78.2 cm³/mol. The molecule has 2 aromatic rings. The van der Waals surface area contributed by atoms with Gasteiger partial charge >= 0.3 is 11.4 Å². The monoisotopic (exact) mass is 313 g/mol. The van der Waals surface area contributed by atoms with Crippen LogP contribution >= 0.6 is 23.2 Å². The molecule has 0 fully saturated rings. The number of halogens is 2. The van der Waals surface area contributed by atoms with Gasteiger partial charge in [-0.1, -0.05) is 24.6 Å². The molecule has 2 heterocycles. The van der Waals surface area contributed by atoms with Crippen molar-refractivity contribution in [2.75, 3.05) is 0 Å². The fourth-order valence-corrected chi connectivity index (χ4v) is 3.31. The first-order valence-corrected chi connectivity index (χ1v) is 7.23. The molecular weight excluding hydrogens is 301 g/mol. The minimum Gasteiger partial charge on any atom is -0.246 e. The average Bonchev–Trinajstić information content (AvgIpc) is 2.64. The molecular formula is C13H13Cl2N3O2. The van der Waals surface area contributed by atoms with Gasteiger partial charge in [0.1, 0.15) is 0 Å². The van der Waals surface area contributed by atoms with Crippen LogP contribution in [0.2, 0.25) is 5.02 Å². The Bertz CT molecular complexity index is 788. The average molecular weight is 314 g/mol. The number of fused-ring (bicyclic) bond motifs is 3. The lowest BCUT2D eigenvalue weighted by Crippen LogP contribution is -2.32. The Balaban J connectivity index is 2.36. The summed E-state index contributed by atoms with van der Waals surface area (Å²) in [6.07, 6.45) is 0.714. The second-order valence-electron chi connectivity index (χ2n) is 4.75. The fourth-order valence-electron chi connectivity index (χ4n) is 2.60. The Kier molecular flexibility index (Phi) is 3.26. The van der Waals surface area contributed by atoms with Crippen LogP contribution in [0.15, 0.2) is 27.8 Å². The van der Waals surface area contributed by atoms with E-state index in [0.29, 0.717) is 29.2 Å². The van der Waals surface area contributed by atoms with Crippen molar-refractivity contribution in [1.82, 2.24) is 13.9 Å². The molecule has 20 heavy (non-hydrogen) atoms. The van der Waals surface area contributed by atoms with E-state index in [1.807, 2.05) is 6.92 Å². The summed E-state index contributed by atoms with van der Waals surface area (Å²) in [5.74, 6) is 0. The van der Waals surface area contributed by atoms with Gasteiger partial charge in [0.05, 0.1) is 17.6 Å². The van der Waals surface area contributed by atoms with Crippen molar-refractivity contribution in [3.8, 4) is 5.69 Å². The number of alkyl halides is 1. The first-order chi connectivity index (χ1) is 9.56. The van der Waals surface area contributed by atoms with Crippen molar-refractivity contribution in [2.45, 2.75) is 31.8 Å². The van der Waals surface area contributed by atoms with Crippen molar-refractivity contribution in [2.24, 2.45) is 0 Å². The third-order valence-electron chi connectivity index (χ3n) is 3.46. The summed E-state index contributed by atoms with van der Waals surface area (Å²) in [6.45, 7) is 2.55. The number of rotatable bonds is 2. The quantitative estimate of drug-likeness (QED) is 0.798. The highest BCUT2D eigenvalue weighted by Crippen LogP contribution is 2.36. The van der Waals surface area contributed by atoms with E-state index >= 15 is 0 Å². The van der Waals surface area contributed by atoms with Gasteiger partial charge in [0.2, 0.25) is 0 Å². The lowest BCUT2D eigenvalue weighted by molar-refractivity contribution is 0.489. The van der Waals surface area contributed by atoms with Gasteiger partial charge in [0.25, 0.3) is 0 Å². The number of aromatic nitrogens is 3. The van der Waals surface area contributed by atoms with Gasteiger partial charge in [-0.3, -0.25) is 0 Å². The molecule has 0 saturated heterocycles. The lowest BCUT2D eigenvalue weighted by Gasteiger charge is -2.24. The number of benzene rings is 1. The van der Waals surface area contributed by atoms with Crippen LogP contribution in [0, 0.1) is 0 Å². The number of nitrogens with zero attached hydrogens (tertiary/aromatic N) is 3. The molecule has 0 saturated carbocycles. The first-order valence-electron chi connectivity index (χ1n) is 6.41. The summed E-state index contributed by atoms with van der Waals surface area (Å²) in [5, 5.41) is 0.0876. The second-order valence-corrected chi connectivity index (χ2v) is 5.68. The van der Waals surface area contributed by atoms with E-state index in [1.54, 1.807) is 18.2 Å². The van der Waals surface area contributed by atoms with Gasteiger partial charge in [0, 0.05) is 17.1 Å². The molecule has 3 rings (SSSR count). The zero-order valence-corrected chi connectivity index (χ0v) is 12.4. The Labute approximate surface area is 124 Å². The minimum absolute atomic E-state index is 0.239. The van der Waals surface area contributed by atoms with Crippen LogP contribution in [-0.2, 0) is 13.1 Å². The molecule has 1 aromatic carbocycles. The summed E-state index contributed by atoms with van der Waals surface area (Å²) in [5.41, 5.74) is 0.615. The molecule has 0 amide bonds. The zero-order chi connectivity index (χ0) is 14.4. The Hall–Kier alpha value is -1.46. The molecule has 0 N–H and O–H groups in total. The molecule has 1 aromatic heterocycles. The van der Waals surface area contributed by atoms with Crippen LogP contribution in [-0.4, -0.2) is 13.9 Å². The maximum Gasteiger partial charge on any atom is 0.351 e. The highest BCUT2D eigenvalue weighted by atomic mass is 35.5. The summed E-state index contributed by atoms with van der Waals surface area (Å²) in [4.78, 5) is 24.7. The van der Waals surface area contributed by atoms with Gasteiger partial charge in [-0.05, 0) is 18.6 Å². The minimum atomic E-state index is -0.423. The number of hydrogen-bond donors (Lipinski definition) is 0. The van der Waals surface area contributed by atoms with Gasteiger partial charge in [0.15, 0.2) is 0 Å². The van der Waals surface area contributed by atoms with E-state index in [1.165, 1.54) is 13.9 Å². The smallest absolute Gasteiger partial charge is 0.246 e. The van der Waals surface area contributed by atoms with Crippen LogP contribution < -0.4 is 11.4 Å². The zero-order valence-electron chi connectivity index (χ0n) is 10.8. The topological polar surface area (TPSA) is 48.9 Å². The normalized spacial score (nSPS) is 16.9. The third-order valence-corrected chi connectivity index (χ3v) is 4.14. The fraction of sp³-hybridized carbons (Fsp3) is 0.385. The molecule has 1 aliphatic rings. The predicted octanol–water partition coefficient (Wildman–Crippen LogP) is 2.16. The highest BCUT2D eigenvalue weighted by molar-refractivity contribution is 6.33. The van der Waals surface area contributed by atoms with E-state index in [2.05, 4.69) is 0 Å². The molecule has 1 atom stereocenters. The van der Waals surface area contributed by atoms with Crippen molar-refractivity contribution in [1.29, 1.82) is 0 Å². The van der Waals surface area contributed by atoms with Crippen molar-refractivity contribution < 1.29 is 0 Å². The Morgan fingerprint density at radius 2 is 2.05 bits per heavy atom.